The molecule has 0 fully saturated rings. The molecule has 0 atom stereocenters. The van der Waals surface area contributed by atoms with E-state index in [9.17, 15) is 9.59 Å². The molecule has 0 unspecified atom stereocenters. The minimum absolute atomic E-state index is 0.374. The van der Waals surface area contributed by atoms with Gasteiger partial charge < -0.3 is 4.57 Å². The minimum Gasteiger partial charge on any atom is -0.313 e. The van der Waals surface area contributed by atoms with E-state index in [1.165, 1.54) is 81.6 Å². The Hall–Kier alpha value is -1.99. The monoisotopic (exact) mass is 546 g/mol. The van der Waals surface area contributed by atoms with Crippen LogP contribution in [-0.4, -0.2) is 19.1 Å². The number of H-pyrrole nitrogens is 1. The summed E-state index contributed by atoms with van der Waals surface area (Å²) in [7, 11) is 1.65. The zero-order chi connectivity index (χ0) is 26.5. The normalized spacial score (nSPS) is 11.5. The molecule has 0 aliphatic carbocycles. The van der Waals surface area contributed by atoms with Crippen LogP contribution in [0.25, 0.3) is 11.2 Å². The predicted molar refractivity (Wildman–Crippen MR) is 157 cm³/mol. The van der Waals surface area contributed by atoms with Crippen LogP contribution in [0.15, 0.2) is 39.0 Å². The predicted octanol–water partition coefficient (Wildman–Crippen LogP) is 7.85. The Kier molecular flexibility index (Phi) is 12.8. The highest BCUT2D eigenvalue weighted by atomic mass is 35.5. The van der Waals surface area contributed by atoms with Gasteiger partial charge in [-0.25, -0.2) is 9.78 Å². The van der Waals surface area contributed by atoms with E-state index < -0.39 is 5.69 Å². The molecular formula is C29H43ClN4O2S. The van der Waals surface area contributed by atoms with E-state index in [2.05, 4.69) is 16.9 Å². The van der Waals surface area contributed by atoms with Crippen molar-refractivity contribution in [3.8, 4) is 0 Å². The summed E-state index contributed by atoms with van der Waals surface area (Å²) in [5.74, 6) is 0.646. The molecule has 0 amide bonds. The molecule has 3 rings (SSSR count). The van der Waals surface area contributed by atoms with Gasteiger partial charge in [0.25, 0.3) is 5.56 Å². The summed E-state index contributed by atoms with van der Waals surface area (Å²) in [6.45, 7) is 2.98. The summed E-state index contributed by atoms with van der Waals surface area (Å²) in [4.78, 5) is 32.0. The lowest BCUT2D eigenvalue weighted by Gasteiger charge is -2.09. The van der Waals surface area contributed by atoms with Gasteiger partial charge in [0.05, 0.1) is 0 Å². The van der Waals surface area contributed by atoms with Crippen molar-refractivity contribution in [3.05, 3.63) is 55.7 Å². The lowest BCUT2D eigenvalue weighted by Crippen LogP contribution is -2.29. The zero-order valence-electron chi connectivity index (χ0n) is 22.6. The number of unbranched alkanes of at least 4 members (excludes halogenated alkanes) is 13. The minimum atomic E-state index is -0.443. The van der Waals surface area contributed by atoms with Crippen molar-refractivity contribution in [1.82, 2.24) is 19.1 Å². The first-order valence-electron chi connectivity index (χ1n) is 14.1. The molecule has 8 heteroatoms. The third-order valence-electron chi connectivity index (χ3n) is 7.02. The molecule has 0 radical (unpaired) electrons. The maximum Gasteiger partial charge on any atom is 0.329 e. The Morgan fingerprint density at radius 2 is 1.43 bits per heavy atom. The van der Waals surface area contributed by atoms with Crippen molar-refractivity contribution in [2.24, 2.45) is 7.05 Å². The average molecular weight is 547 g/mol. The fraction of sp³-hybridized carbons (Fsp3) is 0.621. The fourth-order valence-corrected chi connectivity index (χ4v) is 6.06. The number of halogens is 1. The summed E-state index contributed by atoms with van der Waals surface area (Å²) in [6.07, 6.45) is 18.3. The van der Waals surface area contributed by atoms with Crippen LogP contribution in [0, 0.1) is 0 Å². The number of hydrogen-bond donors (Lipinski definition) is 1. The Balaban J connectivity index is 1.47. The van der Waals surface area contributed by atoms with Gasteiger partial charge in [-0.15, -0.1) is 0 Å². The summed E-state index contributed by atoms with van der Waals surface area (Å²) in [5, 5.41) is 1.46. The van der Waals surface area contributed by atoms with E-state index >= 15 is 0 Å². The third kappa shape index (κ3) is 9.06. The number of hydrogen-bond acceptors (Lipinski definition) is 4. The lowest BCUT2D eigenvalue weighted by molar-refractivity contribution is 0.519. The quantitative estimate of drug-likeness (QED) is 0.130. The fourth-order valence-electron chi connectivity index (χ4n) is 4.75. The van der Waals surface area contributed by atoms with Crippen LogP contribution in [0.5, 0.6) is 0 Å². The van der Waals surface area contributed by atoms with Crippen LogP contribution in [0.1, 0.15) is 102 Å². The Morgan fingerprint density at radius 1 is 0.865 bits per heavy atom. The first kappa shape index (κ1) is 29.6. The average Bonchev–Trinajstić information content (AvgIpc) is 3.26. The largest absolute Gasteiger partial charge is 0.329 e. The molecule has 2 heterocycles. The van der Waals surface area contributed by atoms with Crippen LogP contribution >= 0.6 is 23.4 Å². The molecule has 1 aromatic carbocycles. The highest BCUT2D eigenvalue weighted by Crippen LogP contribution is 2.28. The van der Waals surface area contributed by atoms with Gasteiger partial charge in [0.2, 0.25) is 0 Å². The number of aromatic nitrogens is 4. The van der Waals surface area contributed by atoms with E-state index in [-0.39, 0.29) is 5.56 Å². The van der Waals surface area contributed by atoms with Gasteiger partial charge in [0, 0.05) is 24.4 Å². The SMILES string of the molecule is CCCCCCCCCCCCCCCCn1c(SCc2ccccc2Cl)nc2c1c(=O)[nH]c(=O)n2C. The molecular weight excluding hydrogens is 504 g/mol. The van der Waals surface area contributed by atoms with Crippen molar-refractivity contribution in [2.75, 3.05) is 0 Å². The second kappa shape index (κ2) is 16.1. The van der Waals surface area contributed by atoms with E-state index in [0.29, 0.717) is 23.5 Å². The number of nitrogens with one attached hydrogen (secondary N) is 1. The van der Waals surface area contributed by atoms with Crippen molar-refractivity contribution in [2.45, 2.75) is 114 Å². The van der Waals surface area contributed by atoms with Crippen LogP contribution in [0.2, 0.25) is 5.02 Å². The van der Waals surface area contributed by atoms with Gasteiger partial charge in [-0.3, -0.25) is 14.3 Å². The number of thioether (sulfide) groups is 1. The van der Waals surface area contributed by atoms with Gasteiger partial charge in [0.15, 0.2) is 16.3 Å². The maximum absolute atomic E-state index is 12.7. The van der Waals surface area contributed by atoms with Gasteiger partial charge in [-0.05, 0) is 18.1 Å². The van der Waals surface area contributed by atoms with E-state index in [1.54, 1.807) is 18.8 Å². The van der Waals surface area contributed by atoms with Crippen LogP contribution < -0.4 is 11.2 Å². The van der Waals surface area contributed by atoms with Crippen molar-refractivity contribution >= 4 is 34.5 Å². The van der Waals surface area contributed by atoms with Crippen LogP contribution in [0.3, 0.4) is 0 Å². The number of nitrogens with zero attached hydrogens (tertiary/aromatic N) is 3. The molecule has 6 nitrogen and oxygen atoms in total. The standard InChI is InChI=1S/C29H43ClN4O2S/c1-3-4-5-6-7-8-9-10-11-12-13-14-15-18-21-34-25-26(33(2)28(36)32-27(25)35)31-29(34)37-22-23-19-16-17-20-24(23)30/h16-17,19-20H,3-15,18,21-22H2,1-2H3,(H,32,35,36). The molecule has 0 spiro atoms. The Labute approximate surface area is 230 Å². The first-order chi connectivity index (χ1) is 18.0. The molecule has 37 heavy (non-hydrogen) atoms. The molecule has 0 saturated carbocycles. The number of imidazole rings is 1. The van der Waals surface area contributed by atoms with Gasteiger partial charge in [-0.1, -0.05) is 132 Å². The van der Waals surface area contributed by atoms with Gasteiger partial charge in [-0.2, -0.15) is 0 Å². The summed E-state index contributed by atoms with van der Waals surface area (Å²) in [5.41, 5.74) is 1.10. The second-order valence-electron chi connectivity index (χ2n) is 10.0. The summed E-state index contributed by atoms with van der Waals surface area (Å²) >= 11 is 7.89. The maximum atomic E-state index is 12.7. The number of benzene rings is 1. The zero-order valence-corrected chi connectivity index (χ0v) is 24.1. The molecule has 0 saturated heterocycles. The van der Waals surface area contributed by atoms with Crippen molar-refractivity contribution in [1.29, 1.82) is 0 Å². The molecule has 1 N–H and O–H groups in total. The van der Waals surface area contributed by atoms with E-state index in [4.69, 9.17) is 11.6 Å². The van der Waals surface area contributed by atoms with Gasteiger partial charge in [0.1, 0.15) is 0 Å². The summed E-state index contributed by atoms with van der Waals surface area (Å²) in [6, 6.07) is 7.76. The number of aryl methyl sites for hydroxylation is 2. The number of fused-ring (bicyclic) bond motifs is 1. The van der Waals surface area contributed by atoms with Crippen molar-refractivity contribution < 1.29 is 0 Å². The Morgan fingerprint density at radius 3 is 2.03 bits per heavy atom. The van der Waals surface area contributed by atoms with Crippen LogP contribution in [-0.2, 0) is 19.3 Å². The first-order valence-corrected chi connectivity index (χ1v) is 15.4. The molecule has 0 aliphatic rings. The molecule has 204 valence electrons. The van der Waals surface area contributed by atoms with Crippen LogP contribution in [0.4, 0.5) is 0 Å². The molecule has 0 aliphatic heterocycles. The van der Waals surface area contributed by atoms with E-state index in [0.717, 1.165) is 28.6 Å². The molecule has 2 aromatic heterocycles. The second-order valence-corrected chi connectivity index (χ2v) is 11.4. The molecule has 0 bridgehead atoms. The number of rotatable bonds is 18. The summed E-state index contributed by atoms with van der Waals surface area (Å²) < 4.78 is 3.40. The topological polar surface area (TPSA) is 72.7 Å². The number of aromatic amines is 1. The van der Waals surface area contributed by atoms with E-state index in [1.807, 2.05) is 28.8 Å². The molecule has 3 aromatic rings. The van der Waals surface area contributed by atoms with Gasteiger partial charge >= 0.3 is 5.69 Å². The lowest BCUT2D eigenvalue weighted by atomic mass is 10.0. The highest BCUT2D eigenvalue weighted by Gasteiger charge is 2.18. The third-order valence-corrected chi connectivity index (χ3v) is 8.42. The van der Waals surface area contributed by atoms with Crippen molar-refractivity contribution in [3.63, 3.8) is 0 Å². The Bertz CT molecular complexity index is 1220. The highest BCUT2D eigenvalue weighted by molar-refractivity contribution is 7.98. The smallest absolute Gasteiger partial charge is 0.313 e.